The number of amides is 1. The molecule has 0 atom stereocenters. The van der Waals surface area contributed by atoms with Crippen LogP contribution in [0.4, 0.5) is 5.95 Å². The van der Waals surface area contributed by atoms with Gasteiger partial charge in [-0.25, -0.2) is 9.97 Å². The fourth-order valence-electron chi connectivity index (χ4n) is 1.70. The third kappa shape index (κ3) is 4.85. The fourth-order valence-corrected chi connectivity index (χ4v) is 1.70. The van der Waals surface area contributed by atoms with Crippen molar-refractivity contribution in [2.24, 2.45) is 0 Å². The van der Waals surface area contributed by atoms with Crippen LogP contribution in [-0.4, -0.2) is 36.1 Å². The normalized spacial score (nSPS) is 10.1. The first-order chi connectivity index (χ1) is 10.3. The summed E-state index contributed by atoms with van der Waals surface area (Å²) in [6, 6.07) is 11.3. The highest BCUT2D eigenvalue weighted by Gasteiger charge is 2.08. The van der Waals surface area contributed by atoms with Crippen LogP contribution in [-0.2, 0) is 11.3 Å². The van der Waals surface area contributed by atoms with Crippen LogP contribution in [0.15, 0.2) is 42.6 Å². The molecule has 0 saturated carbocycles. The van der Waals surface area contributed by atoms with E-state index < -0.39 is 0 Å². The van der Waals surface area contributed by atoms with E-state index in [-0.39, 0.29) is 5.91 Å². The quantitative estimate of drug-likeness (QED) is 0.754. The molecule has 0 fully saturated rings. The van der Waals surface area contributed by atoms with Crippen molar-refractivity contribution in [1.29, 1.82) is 0 Å². The number of ether oxygens (including phenoxy) is 1. The second kappa shape index (κ2) is 7.96. The summed E-state index contributed by atoms with van der Waals surface area (Å²) >= 11 is 0. The molecule has 0 bridgehead atoms. The second-order valence-electron chi connectivity index (χ2n) is 4.35. The number of rotatable bonds is 7. The molecule has 2 aromatic rings. The lowest BCUT2D eigenvalue weighted by atomic mass is 10.2. The Kier molecular flexibility index (Phi) is 5.66. The highest BCUT2D eigenvalue weighted by Crippen LogP contribution is 2.02. The van der Waals surface area contributed by atoms with E-state index in [0.29, 0.717) is 31.3 Å². The van der Waals surface area contributed by atoms with E-state index in [2.05, 4.69) is 20.6 Å². The number of hydrogen-bond donors (Lipinski definition) is 2. The molecule has 1 aromatic carbocycles. The number of carbonyl (C=O) groups is 1. The fraction of sp³-hybridized carbons (Fsp3) is 0.267. The topological polar surface area (TPSA) is 76.1 Å². The Bertz CT molecular complexity index is 575. The van der Waals surface area contributed by atoms with E-state index in [1.807, 2.05) is 30.3 Å². The minimum absolute atomic E-state index is 0.226. The number of aromatic nitrogens is 2. The van der Waals surface area contributed by atoms with E-state index in [9.17, 15) is 4.79 Å². The van der Waals surface area contributed by atoms with Gasteiger partial charge in [0.05, 0.1) is 6.61 Å². The van der Waals surface area contributed by atoms with Gasteiger partial charge < -0.3 is 15.4 Å². The van der Waals surface area contributed by atoms with Gasteiger partial charge in [-0.15, -0.1) is 0 Å². The molecule has 1 aromatic heterocycles. The molecule has 0 aliphatic rings. The van der Waals surface area contributed by atoms with Crippen LogP contribution >= 0.6 is 0 Å². The summed E-state index contributed by atoms with van der Waals surface area (Å²) in [5.41, 5.74) is 1.37. The van der Waals surface area contributed by atoms with Crippen molar-refractivity contribution in [3.05, 3.63) is 53.9 Å². The van der Waals surface area contributed by atoms with Crippen molar-refractivity contribution in [2.45, 2.75) is 6.54 Å². The van der Waals surface area contributed by atoms with Crippen LogP contribution < -0.4 is 10.6 Å². The summed E-state index contributed by atoms with van der Waals surface area (Å²) in [5, 5.41) is 5.82. The van der Waals surface area contributed by atoms with Gasteiger partial charge in [-0.3, -0.25) is 4.79 Å². The Morgan fingerprint density at radius 2 is 2.05 bits per heavy atom. The summed E-state index contributed by atoms with van der Waals surface area (Å²) in [5.74, 6) is 0.190. The van der Waals surface area contributed by atoms with Crippen LogP contribution in [0.1, 0.15) is 16.1 Å². The molecule has 0 radical (unpaired) electrons. The highest BCUT2D eigenvalue weighted by atomic mass is 16.5. The minimum Gasteiger partial charge on any atom is -0.383 e. The first-order valence-corrected chi connectivity index (χ1v) is 6.67. The number of methoxy groups -OCH3 is 1. The molecule has 0 unspecified atom stereocenters. The molecular weight excluding hydrogens is 268 g/mol. The van der Waals surface area contributed by atoms with Crippen molar-refractivity contribution in [3.8, 4) is 0 Å². The number of hydrogen-bond acceptors (Lipinski definition) is 5. The maximum absolute atomic E-state index is 12.0. The van der Waals surface area contributed by atoms with Gasteiger partial charge in [0.25, 0.3) is 5.91 Å². The van der Waals surface area contributed by atoms with E-state index in [0.717, 1.165) is 5.56 Å². The minimum atomic E-state index is -0.226. The first-order valence-electron chi connectivity index (χ1n) is 6.67. The highest BCUT2D eigenvalue weighted by molar-refractivity contribution is 5.92. The molecule has 0 saturated heterocycles. The molecule has 0 spiro atoms. The van der Waals surface area contributed by atoms with Crippen LogP contribution in [0.2, 0.25) is 0 Å². The Balaban J connectivity index is 1.91. The maximum atomic E-state index is 12.0. The van der Waals surface area contributed by atoms with Crippen molar-refractivity contribution < 1.29 is 9.53 Å². The number of benzene rings is 1. The molecule has 110 valence electrons. The molecule has 1 heterocycles. The standard InChI is InChI=1S/C15H18N4O2/c1-21-10-9-17-15-16-8-7-13(19-15)14(20)18-11-12-5-3-2-4-6-12/h2-8H,9-11H2,1H3,(H,18,20)(H,16,17,19). The lowest BCUT2D eigenvalue weighted by molar-refractivity contribution is 0.0946. The number of nitrogens with one attached hydrogen (secondary N) is 2. The SMILES string of the molecule is COCCNc1nccc(C(=O)NCc2ccccc2)n1. The lowest BCUT2D eigenvalue weighted by Gasteiger charge is -2.07. The maximum Gasteiger partial charge on any atom is 0.270 e. The van der Waals surface area contributed by atoms with Gasteiger partial charge in [0.15, 0.2) is 0 Å². The van der Waals surface area contributed by atoms with Gasteiger partial charge in [-0.2, -0.15) is 0 Å². The van der Waals surface area contributed by atoms with Gasteiger partial charge in [-0.05, 0) is 11.6 Å². The predicted octanol–water partition coefficient (Wildman–Crippen LogP) is 1.46. The monoisotopic (exact) mass is 286 g/mol. The first kappa shape index (κ1) is 14.9. The number of anilines is 1. The molecule has 1 amide bonds. The summed E-state index contributed by atoms with van der Waals surface area (Å²) in [7, 11) is 1.62. The summed E-state index contributed by atoms with van der Waals surface area (Å²) in [4.78, 5) is 20.3. The zero-order valence-corrected chi connectivity index (χ0v) is 11.9. The third-order valence-corrected chi connectivity index (χ3v) is 2.77. The van der Waals surface area contributed by atoms with E-state index >= 15 is 0 Å². The zero-order chi connectivity index (χ0) is 14.9. The van der Waals surface area contributed by atoms with E-state index in [1.165, 1.54) is 0 Å². The Morgan fingerprint density at radius 1 is 1.24 bits per heavy atom. The van der Waals surface area contributed by atoms with Crippen molar-refractivity contribution >= 4 is 11.9 Å². The molecule has 2 N–H and O–H groups in total. The van der Waals surface area contributed by atoms with Crippen LogP contribution in [0.25, 0.3) is 0 Å². The van der Waals surface area contributed by atoms with Gasteiger partial charge in [-0.1, -0.05) is 30.3 Å². The largest absolute Gasteiger partial charge is 0.383 e. The second-order valence-corrected chi connectivity index (χ2v) is 4.35. The van der Waals surface area contributed by atoms with Crippen molar-refractivity contribution in [1.82, 2.24) is 15.3 Å². The van der Waals surface area contributed by atoms with Crippen molar-refractivity contribution in [2.75, 3.05) is 25.6 Å². The molecule has 21 heavy (non-hydrogen) atoms. The Labute approximate surface area is 123 Å². The number of nitrogens with zero attached hydrogens (tertiary/aromatic N) is 2. The van der Waals surface area contributed by atoms with Gasteiger partial charge in [0.2, 0.25) is 5.95 Å². The molecule has 6 heteroatoms. The molecule has 2 rings (SSSR count). The summed E-state index contributed by atoms with van der Waals surface area (Å²) in [6.07, 6.45) is 1.56. The van der Waals surface area contributed by atoms with Crippen molar-refractivity contribution in [3.63, 3.8) is 0 Å². The molecular formula is C15H18N4O2. The van der Waals surface area contributed by atoms with Gasteiger partial charge in [0, 0.05) is 26.4 Å². The molecule has 0 aliphatic heterocycles. The van der Waals surface area contributed by atoms with Crippen LogP contribution in [0.5, 0.6) is 0 Å². The average Bonchev–Trinajstić information content (AvgIpc) is 2.54. The predicted molar refractivity (Wildman–Crippen MR) is 80.0 cm³/mol. The van der Waals surface area contributed by atoms with E-state index in [1.54, 1.807) is 19.4 Å². The summed E-state index contributed by atoms with van der Waals surface area (Å²) < 4.78 is 4.93. The Hall–Kier alpha value is -2.47. The van der Waals surface area contributed by atoms with Gasteiger partial charge in [0.1, 0.15) is 5.69 Å². The number of carbonyl (C=O) groups excluding carboxylic acids is 1. The lowest BCUT2D eigenvalue weighted by Crippen LogP contribution is -2.24. The molecule has 6 nitrogen and oxygen atoms in total. The van der Waals surface area contributed by atoms with Crippen LogP contribution in [0.3, 0.4) is 0 Å². The molecule has 0 aliphatic carbocycles. The summed E-state index contributed by atoms with van der Waals surface area (Å²) in [6.45, 7) is 1.61. The van der Waals surface area contributed by atoms with Crippen LogP contribution in [0, 0.1) is 0 Å². The average molecular weight is 286 g/mol. The van der Waals surface area contributed by atoms with E-state index in [4.69, 9.17) is 4.74 Å². The Morgan fingerprint density at radius 3 is 2.81 bits per heavy atom. The smallest absolute Gasteiger partial charge is 0.270 e. The zero-order valence-electron chi connectivity index (χ0n) is 11.9. The third-order valence-electron chi connectivity index (χ3n) is 2.77. The van der Waals surface area contributed by atoms with Gasteiger partial charge >= 0.3 is 0 Å².